The molecule has 0 aliphatic heterocycles. The van der Waals surface area contributed by atoms with E-state index in [1.807, 2.05) is 49.4 Å². The molecule has 30 heavy (non-hydrogen) atoms. The average molecular weight is 429 g/mol. The fourth-order valence-electron chi connectivity index (χ4n) is 3.73. The summed E-state index contributed by atoms with van der Waals surface area (Å²) in [5.41, 5.74) is 1.75. The zero-order valence-corrected chi connectivity index (χ0v) is 18.3. The zero-order valence-electron chi connectivity index (χ0n) is 17.6. The maximum absolute atomic E-state index is 13.1. The Kier molecular flexibility index (Phi) is 7.75. The second-order valence-corrected chi connectivity index (χ2v) is 8.24. The Labute approximate surface area is 183 Å². The van der Waals surface area contributed by atoms with Crippen LogP contribution in [-0.2, 0) is 16.1 Å². The Morgan fingerprint density at radius 1 is 1.13 bits per heavy atom. The fourth-order valence-corrected chi connectivity index (χ4v) is 3.92. The minimum Gasteiger partial charge on any atom is -0.484 e. The predicted octanol–water partition coefficient (Wildman–Crippen LogP) is 4.50. The summed E-state index contributed by atoms with van der Waals surface area (Å²) in [4.78, 5) is 27.5. The first-order chi connectivity index (χ1) is 14.5. The number of amides is 2. The third-order valence-corrected chi connectivity index (χ3v) is 5.98. The second kappa shape index (κ2) is 10.5. The average Bonchev–Trinajstić information content (AvgIpc) is 3.25. The van der Waals surface area contributed by atoms with E-state index >= 15 is 0 Å². The van der Waals surface area contributed by atoms with E-state index in [-0.39, 0.29) is 31.0 Å². The van der Waals surface area contributed by atoms with E-state index in [2.05, 4.69) is 5.32 Å². The fraction of sp³-hybridized carbons (Fsp3) is 0.417. The van der Waals surface area contributed by atoms with Gasteiger partial charge in [-0.25, -0.2) is 0 Å². The van der Waals surface area contributed by atoms with Crippen LogP contribution in [0.4, 0.5) is 0 Å². The first kappa shape index (κ1) is 22.2. The molecule has 1 aliphatic carbocycles. The van der Waals surface area contributed by atoms with Crippen LogP contribution >= 0.6 is 11.6 Å². The van der Waals surface area contributed by atoms with E-state index in [0.29, 0.717) is 10.8 Å². The predicted molar refractivity (Wildman–Crippen MR) is 119 cm³/mol. The van der Waals surface area contributed by atoms with Crippen molar-refractivity contribution in [1.29, 1.82) is 0 Å². The van der Waals surface area contributed by atoms with Gasteiger partial charge in [0.05, 0.1) is 0 Å². The molecule has 1 atom stereocenters. The Balaban J connectivity index is 1.73. The highest BCUT2D eigenvalue weighted by Crippen LogP contribution is 2.21. The van der Waals surface area contributed by atoms with Gasteiger partial charge in [-0.15, -0.1) is 0 Å². The molecule has 0 radical (unpaired) electrons. The number of para-hydroxylation sites is 1. The lowest BCUT2D eigenvalue weighted by atomic mass is 10.1. The van der Waals surface area contributed by atoms with Gasteiger partial charge in [-0.1, -0.05) is 60.8 Å². The maximum atomic E-state index is 13.1. The largest absolute Gasteiger partial charge is 0.484 e. The summed E-state index contributed by atoms with van der Waals surface area (Å²) < 4.78 is 5.75. The number of carbonyl (C=O) groups is 2. The summed E-state index contributed by atoms with van der Waals surface area (Å²) in [5.74, 6) is 0.261. The van der Waals surface area contributed by atoms with E-state index < -0.39 is 6.04 Å². The lowest BCUT2D eigenvalue weighted by Crippen LogP contribution is -2.50. The highest BCUT2D eigenvalue weighted by atomic mass is 35.5. The molecule has 5 nitrogen and oxygen atoms in total. The number of ether oxygens (including phenoxy) is 1. The summed E-state index contributed by atoms with van der Waals surface area (Å²) in [7, 11) is 0. The van der Waals surface area contributed by atoms with Gasteiger partial charge in [0.15, 0.2) is 6.61 Å². The molecule has 6 heteroatoms. The minimum absolute atomic E-state index is 0.141. The first-order valence-electron chi connectivity index (χ1n) is 10.5. The number of rotatable bonds is 8. The van der Waals surface area contributed by atoms with Gasteiger partial charge in [0.1, 0.15) is 11.8 Å². The van der Waals surface area contributed by atoms with E-state index in [0.717, 1.165) is 36.8 Å². The summed E-state index contributed by atoms with van der Waals surface area (Å²) in [6, 6.07) is 14.5. The number of halogens is 1. The molecule has 160 valence electrons. The molecule has 0 aromatic heterocycles. The molecule has 0 saturated heterocycles. The third kappa shape index (κ3) is 5.76. The molecule has 1 N–H and O–H groups in total. The standard InChI is InChI=1S/C24H29ClN2O3/c1-17-9-3-8-14-22(17)30-16-23(28)27(15-19-10-4-7-13-21(19)25)18(2)24(29)26-20-11-5-6-12-20/h3-4,7-10,13-14,18,20H,5-6,11-12,15-16H2,1-2H3,(H,26,29)/t18-/m1/s1. The van der Waals surface area contributed by atoms with Gasteiger partial charge in [-0.2, -0.15) is 0 Å². The molecule has 1 fully saturated rings. The SMILES string of the molecule is Cc1ccccc1OCC(=O)N(Cc1ccccc1Cl)[C@H](C)C(=O)NC1CCCC1. The van der Waals surface area contributed by atoms with Gasteiger partial charge in [0.25, 0.3) is 5.91 Å². The van der Waals surface area contributed by atoms with Crippen molar-refractivity contribution in [2.24, 2.45) is 0 Å². The topological polar surface area (TPSA) is 58.6 Å². The van der Waals surface area contributed by atoms with E-state index in [9.17, 15) is 9.59 Å². The van der Waals surface area contributed by atoms with Crippen LogP contribution in [0.1, 0.15) is 43.7 Å². The minimum atomic E-state index is -0.630. The number of hydrogen-bond donors (Lipinski definition) is 1. The van der Waals surface area contributed by atoms with Crippen molar-refractivity contribution in [2.45, 2.75) is 58.2 Å². The summed E-state index contributed by atoms with van der Waals surface area (Å²) in [6.45, 7) is 3.79. The number of nitrogens with zero attached hydrogens (tertiary/aromatic N) is 1. The van der Waals surface area contributed by atoms with Crippen LogP contribution in [-0.4, -0.2) is 35.4 Å². The van der Waals surface area contributed by atoms with Gasteiger partial charge >= 0.3 is 0 Å². The van der Waals surface area contributed by atoms with Gasteiger partial charge in [0.2, 0.25) is 5.91 Å². The summed E-state index contributed by atoms with van der Waals surface area (Å²) in [5, 5.41) is 3.66. The Bertz CT molecular complexity index is 880. The van der Waals surface area contributed by atoms with Crippen molar-refractivity contribution in [3.05, 3.63) is 64.7 Å². The Morgan fingerprint density at radius 2 is 1.80 bits per heavy atom. The lowest BCUT2D eigenvalue weighted by molar-refractivity contribution is -0.142. The van der Waals surface area contributed by atoms with Gasteiger partial charge < -0.3 is 15.0 Å². The van der Waals surface area contributed by atoms with Crippen molar-refractivity contribution < 1.29 is 14.3 Å². The lowest BCUT2D eigenvalue weighted by Gasteiger charge is -2.30. The van der Waals surface area contributed by atoms with Crippen LogP contribution in [0, 0.1) is 6.92 Å². The first-order valence-corrected chi connectivity index (χ1v) is 10.8. The van der Waals surface area contributed by atoms with Crippen LogP contribution in [0.15, 0.2) is 48.5 Å². The smallest absolute Gasteiger partial charge is 0.261 e. The molecular formula is C24H29ClN2O3. The molecule has 2 aromatic carbocycles. The number of benzene rings is 2. The normalized spacial score (nSPS) is 14.9. The summed E-state index contributed by atoms with van der Waals surface area (Å²) in [6.07, 6.45) is 4.25. The number of nitrogens with one attached hydrogen (secondary N) is 1. The third-order valence-electron chi connectivity index (χ3n) is 5.61. The highest BCUT2D eigenvalue weighted by Gasteiger charge is 2.29. The molecule has 0 heterocycles. The van der Waals surface area contributed by atoms with Crippen LogP contribution < -0.4 is 10.1 Å². The zero-order chi connectivity index (χ0) is 21.5. The van der Waals surface area contributed by atoms with Crippen molar-refractivity contribution >= 4 is 23.4 Å². The van der Waals surface area contributed by atoms with E-state index in [1.165, 1.54) is 0 Å². The van der Waals surface area contributed by atoms with Crippen LogP contribution in [0.25, 0.3) is 0 Å². The van der Waals surface area contributed by atoms with E-state index in [4.69, 9.17) is 16.3 Å². The molecular weight excluding hydrogens is 400 g/mol. The summed E-state index contributed by atoms with van der Waals surface area (Å²) >= 11 is 6.32. The molecule has 0 bridgehead atoms. The molecule has 1 aliphatic rings. The Morgan fingerprint density at radius 3 is 2.50 bits per heavy atom. The maximum Gasteiger partial charge on any atom is 0.261 e. The van der Waals surface area contributed by atoms with Crippen LogP contribution in [0.2, 0.25) is 5.02 Å². The number of aryl methyl sites for hydroxylation is 1. The number of carbonyl (C=O) groups excluding carboxylic acids is 2. The van der Waals surface area contributed by atoms with Gasteiger partial charge in [0, 0.05) is 17.6 Å². The molecule has 3 rings (SSSR count). The quantitative estimate of drug-likeness (QED) is 0.673. The van der Waals surface area contributed by atoms with Crippen molar-refractivity contribution in [3.63, 3.8) is 0 Å². The number of hydrogen-bond acceptors (Lipinski definition) is 3. The second-order valence-electron chi connectivity index (χ2n) is 7.83. The van der Waals surface area contributed by atoms with Gasteiger partial charge in [-0.05, 0) is 49.9 Å². The molecule has 2 aromatic rings. The van der Waals surface area contributed by atoms with Crippen LogP contribution in [0.5, 0.6) is 5.75 Å². The molecule has 2 amide bonds. The van der Waals surface area contributed by atoms with Crippen molar-refractivity contribution in [3.8, 4) is 5.75 Å². The molecule has 0 unspecified atom stereocenters. The van der Waals surface area contributed by atoms with E-state index in [1.54, 1.807) is 17.9 Å². The van der Waals surface area contributed by atoms with Gasteiger partial charge in [-0.3, -0.25) is 9.59 Å². The Hall–Kier alpha value is -2.53. The van der Waals surface area contributed by atoms with Crippen LogP contribution in [0.3, 0.4) is 0 Å². The highest BCUT2D eigenvalue weighted by molar-refractivity contribution is 6.31. The van der Waals surface area contributed by atoms with Crippen molar-refractivity contribution in [2.75, 3.05) is 6.61 Å². The monoisotopic (exact) mass is 428 g/mol. The molecule has 1 saturated carbocycles. The van der Waals surface area contributed by atoms with Crippen molar-refractivity contribution in [1.82, 2.24) is 10.2 Å². The molecule has 0 spiro atoms.